The Hall–Kier alpha value is -18.0. The summed E-state index contributed by atoms with van der Waals surface area (Å²) in [5, 5.41) is 78.5. The summed E-state index contributed by atoms with van der Waals surface area (Å²) in [7, 11) is 0. The number of nitrogens with zero attached hydrogens (tertiary/aromatic N) is 16. The van der Waals surface area contributed by atoms with E-state index in [4.69, 9.17) is 39.4 Å². The van der Waals surface area contributed by atoms with Gasteiger partial charge in [-0.3, -0.25) is 9.97 Å². The topological polar surface area (TPSA) is 270 Å². The molecule has 6 aliphatic carbocycles. The normalized spacial score (nSPS) is 13.3. The first-order valence-electron chi connectivity index (χ1n) is 36.8. The van der Waals surface area contributed by atoms with Crippen molar-refractivity contribution in [2.45, 2.75) is 78.4 Å². The van der Waals surface area contributed by atoms with Crippen molar-refractivity contribution in [3.8, 4) is 115 Å². The van der Waals surface area contributed by atoms with Crippen LogP contribution in [0.4, 0.5) is 48.3 Å². The molecular formula is C96H45F11N16O3. The third-order valence-corrected chi connectivity index (χ3v) is 21.7. The highest BCUT2D eigenvalue weighted by molar-refractivity contribution is 5.95. The van der Waals surface area contributed by atoms with Gasteiger partial charge in [0.2, 0.25) is 0 Å². The maximum atomic E-state index is 14.6. The van der Waals surface area contributed by atoms with Crippen LogP contribution in [0.5, 0.6) is 0 Å². The molecule has 126 heavy (non-hydrogen) atoms. The number of rotatable bonds is 9. The predicted octanol–water partition coefficient (Wildman–Crippen LogP) is 17.8. The standard InChI is InChI=1S/C34H15F3N6O.C32H15F5N4O.C30H15F3N6O/c1-18-24(33(42-2)43-3)12-26-28(18)29(21-8-4-19(14-38)5-9-21)27-13-25(23(16-40)17-41)32(44-34(35,36)37)31(27)30(26)22-10-6-20(15-39)7-11-22;1-16-22(31(40-2)41-3)12-24-26(16)27(17-6-4-8-20(33)10-17)25-13-23(19(14-38)15-39)30(42-32(35,36)37)29(25)28(24)18-7-5-9-21(34)11-18;1-16-20(29(36-2)37-3)12-22-24(16)25(17-4-8-38-9-5-17)23-13-21(19(14-34)15-35)28(40-30(31,32)33)27(23)26(22)18-6-10-39-11-7-18/h4-11H,12-13H2,1H3;4-11H,12-13H2,1H3;4-11H,12-13H2,1H3. The second kappa shape index (κ2) is 34.4. The maximum Gasteiger partial charge on any atom is 0.573 e. The third kappa shape index (κ3) is 15.7. The van der Waals surface area contributed by atoms with Crippen molar-refractivity contribution in [3.05, 3.63) is 370 Å². The summed E-state index contributed by atoms with van der Waals surface area (Å²) in [6.07, 6.45) is -10.1. The third-order valence-electron chi connectivity index (χ3n) is 21.7. The van der Waals surface area contributed by atoms with Crippen LogP contribution in [0.25, 0.3) is 130 Å². The molecule has 7 aromatic carbocycles. The van der Waals surface area contributed by atoms with Crippen molar-refractivity contribution >= 4 is 34.0 Å². The van der Waals surface area contributed by atoms with Gasteiger partial charge in [0.1, 0.15) is 121 Å². The van der Waals surface area contributed by atoms with Gasteiger partial charge in [-0.1, -0.05) is 48.5 Å². The number of hydrogen-bond acceptors (Lipinski definition) is 13. The first-order valence-corrected chi connectivity index (χ1v) is 36.8. The van der Waals surface area contributed by atoms with Crippen LogP contribution in [0, 0.1) is 142 Å². The van der Waals surface area contributed by atoms with E-state index in [2.05, 4.69) is 53.2 Å². The second-order valence-electron chi connectivity index (χ2n) is 28.1. The Labute approximate surface area is 708 Å². The Balaban J connectivity index is 0.000000162. The lowest BCUT2D eigenvalue weighted by Crippen LogP contribution is -2.26. The molecular weight excluding hydrogens is 1630 g/mol. The number of benzene rings is 7. The van der Waals surface area contributed by atoms with E-state index in [9.17, 15) is 90.4 Å². The molecule has 0 N–H and O–H groups in total. The molecule has 0 radical (unpaired) electrons. The van der Waals surface area contributed by atoms with Crippen LogP contribution in [0.2, 0.25) is 0 Å². The molecule has 30 heteroatoms. The molecule has 0 unspecified atom stereocenters. The van der Waals surface area contributed by atoms with Gasteiger partial charge in [0, 0.05) is 76.4 Å². The van der Waals surface area contributed by atoms with E-state index >= 15 is 0 Å². The van der Waals surface area contributed by atoms with Crippen LogP contribution < -0.4 is 31.3 Å². The van der Waals surface area contributed by atoms with E-state index < -0.39 is 64.7 Å². The lowest BCUT2D eigenvalue weighted by Gasteiger charge is -2.17. The molecule has 0 atom stereocenters. The number of alkyl halides is 9. The van der Waals surface area contributed by atoms with E-state index in [1.165, 1.54) is 54.9 Å². The first kappa shape index (κ1) is 85.9. The number of fused-ring (bicyclic) bond motifs is 6. The maximum absolute atomic E-state index is 14.6. The highest BCUT2D eigenvalue weighted by atomic mass is 19.4. The van der Waals surface area contributed by atoms with Gasteiger partial charge in [-0.25, -0.2) is 8.78 Å². The number of ether oxygens (including phenoxy) is 3. The zero-order chi connectivity index (χ0) is 90.7. The molecule has 604 valence electrons. The minimum Gasteiger partial charge on any atom is -0.405 e. The molecule has 0 aliphatic heterocycles. The first-order chi connectivity index (χ1) is 60.4. The quantitative estimate of drug-likeness (QED) is 0.0740. The Morgan fingerprint density at radius 2 is 0.548 bits per heavy atom. The fourth-order valence-corrected chi connectivity index (χ4v) is 16.9. The highest BCUT2D eigenvalue weighted by Crippen LogP contribution is 2.47. The monoisotopic (exact) mass is 1680 g/mol. The van der Waals surface area contributed by atoms with Crippen LogP contribution in [0.1, 0.15) is 65.3 Å². The lowest BCUT2D eigenvalue weighted by molar-refractivity contribution is -0.291. The summed E-state index contributed by atoms with van der Waals surface area (Å²) in [4.78, 5) is 28.4. The van der Waals surface area contributed by atoms with Crippen molar-refractivity contribution in [2.24, 2.45) is 0 Å². The summed E-state index contributed by atoms with van der Waals surface area (Å²) < 4.78 is 168. The van der Waals surface area contributed by atoms with Gasteiger partial charge < -0.3 is 14.2 Å². The molecule has 0 amide bonds. The van der Waals surface area contributed by atoms with Gasteiger partial charge in [0.05, 0.1) is 40.0 Å². The van der Waals surface area contributed by atoms with E-state index in [1.807, 2.05) is 12.1 Å². The molecule has 2 heterocycles. The van der Waals surface area contributed by atoms with Gasteiger partial charge >= 0.3 is 36.5 Å². The number of pyridine rings is 2. The number of aromatic nitrogens is 2. The van der Waals surface area contributed by atoms with E-state index in [-0.39, 0.29) is 111 Å². The van der Waals surface area contributed by atoms with Gasteiger partial charge in [-0.05, 0) is 245 Å². The van der Waals surface area contributed by atoms with Gasteiger partial charge in [0.15, 0.2) is 0 Å². The Morgan fingerprint density at radius 3 is 0.786 bits per heavy atom. The van der Waals surface area contributed by atoms with Crippen molar-refractivity contribution in [1.29, 1.82) is 42.1 Å². The van der Waals surface area contributed by atoms with E-state index in [0.29, 0.717) is 138 Å². The molecule has 0 bridgehead atoms. The molecule has 9 aromatic rings. The van der Waals surface area contributed by atoms with Crippen molar-refractivity contribution in [1.82, 2.24) is 9.97 Å². The summed E-state index contributed by atoms with van der Waals surface area (Å²) in [6.45, 7) is 50.5. The van der Waals surface area contributed by atoms with Crippen LogP contribution in [0.3, 0.4) is 0 Å². The van der Waals surface area contributed by atoms with Crippen LogP contribution >= 0.6 is 0 Å². The number of allylic oxidation sites excluding steroid dienone is 6. The largest absolute Gasteiger partial charge is 0.573 e. The van der Waals surface area contributed by atoms with Gasteiger partial charge in [-0.15, -0.1) is 39.5 Å². The molecule has 6 aliphatic rings. The summed E-state index contributed by atoms with van der Waals surface area (Å²) >= 11 is 0. The summed E-state index contributed by atoms with van der Waals surface area (Å²) in [5.74, 6) is -3.94. The molecule has 0 saturated carbocycles. The predicted molar refractivity (Wildman–Crippen MR) is 431 cm³/mol. The average molecular weight is 1680 g/mol. The summed E-state index contributed by atoms with van der Waals surface area (Å²) in [5.41, 5.74) is 8.53. The van der Waals surface area contributed by atoms with Crippen molar-refractivity contribution in [2.75, 3.05) is 0 Å². The van der Waals surface area contributed by atoms with Crippen LogP contribution in [-0.4, -0.2) is 29.1 Å². The van der Waals surface area contributed by atoms with Crippen molar-refractivity contribution in [3.63, 3.8) is 0 Å². The van der Waals surface area contributed by atoms with Crippen molar-refractivity contribution < 1.29 is 62.5 Å². The average Bonchev–Trinajstić information content (AvgIpc) is 1.55. The fourth-order valence-electron chi connectivity index (χ4n) is 16.9. The smallest absolute Gasteiger partial charge is 0.405 e. The van der Waals surface area contributed by atoms with Gasteiger partial charge in [-0.2, -0.15) is 71.2 Å². The number of hydrogen-bond donors (Lipinski definition) is 0. The zero-order valence-corrected chi connectivity index (χ0v) is 65.1. The zero-order valence-electron chi connectivity index (χ0n) is 65.1. The SMILES string of the molecule is [C-]#[N+]C([N+]#[C-])=C1Cc2c(-c3ccc(C#N)cc3)c3c(c(-c4ccc(C#N)cc4)c2=C1C)CC(=C(C#N)C#N)C=3OC(F)(F)F.[C-]#[N+]C([N+]#[C-])=C1Cc2c(-c3cccc(F)c3)c3c(c(-c4cccc(F)c4)c2=C1C)CC(=C(C#N)C#N)C=3OC(F)(F)F.[C-]#[N+]C([N+]#[C-])=C1Cc2c(-c3ccncc3)c3c(c(-c4ccncc4)c2=C1C)CC(=C(C#N)C#N)C=3OC(F)(F)F. The molecule has 2 aromatic heterocycles. The molecule has 15 rings (SSSR count). The molecule has 0 fully saturated rings. The fraction of sp³-hybridized carbons (Fsp3) is 0.125. The minimum atomic E-state index is -5.23. The highest BCUT2D eigenvalue weighted by Gasteiger charge is 2.45. The number of halogens is 11. The second-order valence-corrected chi connectivity index (χ2v) is 28.1. The Bertz CT molecular complexity index is 7610. The van der Waals surface area contributed by atoms with Gasteiger partial charge in [0.25, 0.3) is 0 Å². The van der Waals surface area contributed by atoms with E-state index in [0.717, 1.165) is 12.1 Å². The molecule has 0 spiro atoms. The molecule has 19 nitrogen and oxygen atoms in total. The minimum absolute atomic E-state index is 0.0179. The number of nitriles is 8. The molecule has 0 saturated heterocycles. The van der Waals surface area contributed by atoms with Crippen LogP contribution in [0.15, 0.2) is 214 Å². The van der Waals surface area contributed by atoms with Crippen LogP contribution in [-0.2, 0) is 52.7 Å². The Kier molecular flexibility index (Phi) is 23.4. The lowest BCUT2D eigenvalue weighted by atomic mass is 9.86. The summed E-state index contributed by atoms with van der Waals surface area (Å²) in [6, 6.07) is 44.0. The van der Waals surface area contributed by atoms with E-state index in [1.54, 1.807) is 136 Å². The Morgan fingerprint density at radius 1 is 0.317 bits per heavy atom.